The number of nitrogens with zero attached hydrogens (tertiary/aromatic N) is 1. The lowest BCUT2D eigenvalue weighted by molar-refractivity contribution is 0.0728. The number of esters is 1. The van der Waals surface area contributed by atoms with Crippen LogP contribution in [-0.4, -0.2) is 31.8 Å². The van der Waals surface area contributed by atoms with Crippen LogP contribution in [0.4, 0.5) is 0 Å². The van der Waals surface area contributed by atoms with Gasteiger partial charge in [0.15, 0.2) is 11.5 Å². The Labute approximate surface area is 196 Å². The van der Waals surface area contributed by atoms with Crippen LogP contribution >= 0.6 is 11.6 Å². The Balaban J connectivity index is 1.72. The first-order valence-corrected chi connectivity index (χ1v) is 10.5. The van der Waals surface area contributed by atoms with E-state index in [9.17, 15) is 9.59 Å². The first-order valence-electron chi connectivity index (χ1n) is 10.1. The minimum Gasteiger partial charge on any atom is -0.496 e. The number of benzene rings is 3. The number of amides is 1. The normalized spacial score (nSPS) is 10.7. The third kappa shape index (κ3) is 6.33. The number of methoxy groups -OCH3 is 1. The van der Waals surface area contributed by atoms with Crippen LogP contribution in [0.1, 0.15) is 38.8 Å². The Kier molecular flexibility index (Phi) is 8.05. The lowest BCUT2D eigenvalue weighted by atomic mass is 10.1. The van der Waals surface area contributed by atoms with Crippen LogP contribution in [0.25, 0.3) is 0 Å². The van der Waals surface area contributed by atoms with E-state index in [1.54, 1.807) is 54.6 Å². The van der Waals surface area contributed by atoms with E-state index < -0.39 is 11.9 Å². The number of ether oxygens (including phenoxy) is 3. The SMILES string of the molecule is CCOc1cc(C=NNC(=O)c2ccc(C)cc2OC)ccc1OC(=O)c1ccc(Cl)cc1. The summed E-state index contributed by atoms with van der Waals surface area (Å²) in [6, 6.07) is 16.6. The fourth-order valence-electron chi connectivity index (χ4n) is 2.91. The lowest BCUT2D eigenvalue weighted by Gasteiger charge is -2.11. The van der Waals surface area contributed by atoms with Crippen molar-refractivity contribution in [1.29, 1.82) is 0 Å². The molecule has 0 aliphatic rings. The van der Waals surface area contributed by atoms with Crippen molar-refractivity contribution >= 4 is 29.7 Å². The largest absolute Gasteiger partial charge is 0.496 e. The van der Waals surface area contributed by atoms with Gasteiger partial charge in [-0.3, -0.25) is 4.79 Å². The van der Waals surface area contributed by atoms with Gasteiger partial charge in [-0.05, 0) is 79.6 Å². The van der Waals surface area contributed by atoms with Crippen molar-refractivity contribution in [3.8, 4) is 17.2 Å². The van der Waals surface area contributed by atoms with Gasteiger partial charge in [-0.25, -0.2) is 10.2 Å². The summed E-state index contributed by atoms with van der Waals surface area (Å²) in [5.74, 6) is 0.167. The molecule has 8 heteroatoms. The maximum Gasteiger partial charge on any atom is 0.343 e. The molecule has 0 saturated carbocycles. The molecule has 170 valence electrons. The number of carbonyl (C=O) groups is 2. The maximum atomic E-state index is 12.4. The molecule has 3 aromatic carbocycles. The zero-order chi connectivity index (χ0) is 23.8. The van der Waals surface area contributed by atoms with Crippen molar-refractivity contribution in [2.45, 2.75) is 13.8 Å². The van der Waals surface area contributed by atoms with Crippen LogP contribution in [0.5, 0.6) is 17.2 Å². The van der Waals surface area contributed by atoms with Gasteiger partial charge in [0.1, 0.15) is 5.75 Å². The molecule has 0 aliphatic heterocycles. The van der Waals surface area contributed by atoms with Gasteiger partial charge in [0.05, 0.1) is 31.1 Å². The quantitative estimate of drug-likeness (QED) is 0.217. The maximum absolute atomic E-state index is 12.4. The van der Waals surface area contributed by atoms with E-state index in [0.717, 1.165) is 5.56 Å². The molecule has 3 aromatic rings. The average Bonchev–Trinajstić information content (AvgIpc) is 2.81. The first-order chi connectivity index (χ1) is 15.9. The van der Waals surface area contributed by atoms with E-state index in [1.165, 1.54) is 13.3 Å². The van der Waals surface area contributed by atoms with E-state index in [-0.39, 0.29) is 5.75 Å². The summed E-state index contributed by atoms with van der Waals surface area (Å²) >= 11 is 5.86. The third-order valence-electron chi connectivity index (χ3n) is 4.53. The van der Waals surface area contributed by atoms with E-state index >= 15 is 0 Å². The highest BCUT2D eigenvalue weighted by molar-refractivity contribution is 6.30. The Morgan fingerprint density at radius 2 is 1.76 bits per heavy atom. The minimum atomic E-state index is -0.534. The highest BCUT2D eigenvalue weighted by Crippen LogP contribution is 2.29. The second-order valence-electron chi connectivity index (χ2n) is 6.94. The smallest absolute Gasteiger partial charge is 0.343 e. The van der Waals surface area contributed by atoms with Gasteiger partial charge >= 0.3 is 5.97 Å². The molecule has 1 N–H and O–H groups in total. The molecular weight excluding hydrogens is 444 g/mol. The molecule has 0 fully saturated rings. The van der Waals surface area contributed by atoms with Crippen molar-refractivity contribution < 1.29 is 23.8 Å². The monoisotopic (exact) mass is 466 g/mol. The van der Waals surface area contributed by atoms with Crippen molar-refractivity contribution in [1.82, 2.24) is 5.43 Å². The topological polar surface area (TPSA) is 86.2 Å². The van der Waals surface area contributed by atoms with Crippen LogP contribution in [-0.2, 0) is 0 Å². The van der Waals surface area contributed by atoms with Crippen molar-refractivity contribution in [3.63, 3.8) is 0 Å². The van der Waals surface area contributed by atoms with Gasteiger partial charge < -0.3 is 14.2 Å². The van der Waals surface area contributed by atoms with Crippen molar-refractivity contribution in [3.05, 3.63) is 87.9 Å². The van der Waals surface area contributed by atoms with Crippen LogP contribution in [0.3, 0.4) is 0 Å². The zero-order valence-corrected chi connectivity index (χ0v) is 19.2. The van der Waals surface area contributed by atoms with Gasteiger partial charge in [0.25, 0.3) is 5.91 Å². The van der Waals surface area contributed by atoms with Crippen LogP contribution < -0.4 is 19.6 Å². The number of hydrazone groups is 1. The van der Waals surface area contributed by atoms with Gasteiger partial charge in [0.2, 0.25) is 0 Å². The zero-order valence-electron chi connectivity index (χ0n) is 18.4. The molecule has 1 amide bonds. The Hall–Kier alpha value is -3.84. The summed E-state index contributed by atoms with van der Waals surface area (Å²) in [6.45, 7) is 4.10. The van der Waals surface area contributed by atoms with Crippen molar-refractivity contribution in [2.24, 2.45) is 5.10 Å². The molecule has 0 radical (unpaired) electrons. The lowest BCUT2D eigenvalue weighted by Crippen LogP contribution is -2.18. The summed E-state index contributed by atoms with van der Waals surface area (Å²) in [6.07, 6.45) is 1.46. The molecule has 0 aliphatic carbocycles. The Morgan fingerprint density at radius 1 is 1.00 bits per heavy atom. The fourth-order valence-corrected chi connectivity index (χ4v) is 3.04. The molecule has 33 heavy (non-hydrogen) atoms. The average molecular weight is 467 g/mol. The van der Waals surface area contributed by atoms with Crippen LogP contribution in [0.2, 0.25) is 5.02 Å². The molecule has 0 heterocycles. The van der Waals surface area contributed by atoms with Gasteiger partial charge in [0, 0.05) is 5.02 Å². The van der Waals surface area contributed by atoms with E-state index in [4.69, 9.17) is 25.8 Å². The molecule has 0 aromatic heterocycles. The number of rotatable bonds is 8. The molecule has 0 unspecified atom stereocenters. The Morgan fingerprint density at radius 3 is 2.45 bits per heavy atom. The van der Waals surface area contributed by atoms with E-state index in [2.05, 4.69) is 10.5 Å². The molecule has 7 nitrogen and oxygen atoms in total. The fraction of sp³-hybridized carbons (Fsp3) is 0.160. The Bertz CT molecular complexity index is 1180. The standard InChI is InChI=1S/C25H23ClN2O5/c1-4-32-23-14-17(6-12-21(23)33-25(30)18-7-9-19(26)10-8-18)15-27-28-24(29)20-11-5-16(2)13-22(20)31-3/h5-15H,4H2,1-3H3,(H,28,29). The van der Waals surface area contributed by atoms with Gasteiger partial charge in [-0.15, -0.1) is 0 Å². The highest BCUT2D eigenvalue weighted by Gasteiger charge is 2.14. The van der Waals surface area contributed by atoms with E-state index in [1.807, 2.05) is 19.9 Å². The number of hydrogen-bond donors (Lipinski definition) is 1. The molecule has 0 bridgehead atoms. The predicted octanol–water partition coefficient (Wildman–Crippen LogP) is 5.04. The van der Waals surface area contributed by atoms with Gasteiger partial charge in [-0.2, -0.15) is 5.10 Å². The van der Waals surface area contributed by atoms with Gasteiger partial charge in [-0.1, -0.05) is 17.7 Å². The minimum absolute atomic E-state index is 0.266. The third-order valence-corrected chi connectivity index (χ3v) is 4.78. The highest BCUT2D eigenvalue weighted by atomic mass is 35.5. The number of halogens is 1. The molecular formula is C25H23ClN2O5. The second kappa shape index (κ2) is 11.2. The number of aryl methyl sites for hydroxylation is 1. The molecule has 0 spiro atoms. The summed E-state index contributed by atoms with van der Waals surface area (Å²) in [7, 11) is 1.51. The van der Waals surface area contributed by atoms with Crippen LogP contribution in [0, 0.1) is 6.92 Å². The number of nitrogens with one attached hydrogen (secondary N) is 1. The predicted molar refractivity (Wildman–Crippen MR) is 127 cm³/mol. The molecule has 0 saturated heterocycles. The second-order valence-corrected chi connectivity index (χ2v) is 7.37. The van der Waals surface area contributed by atoms with Crippen molar-refractivity contribution in [2.75, 3.05) is 13.7 Å². The summed E-state index contributed by atoms with van der Waals surface area (Å²) in [5, 5.41) is 4.53. The van der Waals surface area contributed by atoms with E-state index in [0.29, 0.717) is 39.8 Å². The molecule has 3 rings (SSSR count). The summed E-state index contributed by atoms with van der Waals surface area (Å²) in [5.41, 5.74) is 4.84. The molecule has 0 atom stereocenters. The summed E-state index contributed by atoms with van der Waals surface area (Å²) < 4.78 is 16.3. The van der Waals surface area contributed by atoms with Crippen LogP contribution in [0.15, 0.2) is 65.8 Å². The number of hydrogen-bond acceptors (Lipinski definition) is 6. The first kappa shape index (κ1) is 23.8. The summed E-state index contributed by atoms with van der Waals surface area (Å²) in [4.78, 5) is 24.8. The number of carbonyl (C=O) groups excluding carboxylic acids is 2.